The summed E-state index contributed by atoms with van der Waals surface area (Å²) in [5.41, 5.74) is 0.778. The molecule has 2 rings (SSSR count). The molecule has 0 spiro atoms. The van der Waals surface area contributed by atoms with Gasteiger partial charge in [0, 0.05) is 16.6 Å². The standard InChI is InChI=1S/C14H19BrN2O2/c1-2-10-3-6-12(7-4-10)16-13-9-11(15)5-8-14(13)17(18)19/h5,8-10,12,16H,2-4,6-7H2,1H3. The fraction of sp³-hybridized carbons (Fsp3) is 0.571. The van der Waals surface area contributed by atoms with E-state index in [1.165, 1.54) is 19.3 Å². The van der Waals surface area contributed by atoms with Crippen molar-refractivity contribution in [3.63, 3.8) is 0 Å². The van der Waals surface area contributed by atoms with Gasteiger partial charge in [-0.25, -0.2) is 0 Å². The van der Waals surface area contributed by atoms with E-state index in [0.717, 1.165) is 23.2 Å². The number of nitro groups is 1. The van der Waals surface area contributed by atoms with Crippen LogP contribution in [-0.4, -0.2) is 11.0 Å². The van der Waals surface area contributed by atoms with E-state index < -0.39 is 0 Å². The highest BCUT2D eigenvalue weighted by Gasteiger charge is 2.22. The lowest BCUT2D eigenvalue weighted by Gasteiger charge is -2.29. The first-order valence-corrected chi connectivity index (χ1v) is 7.60. The molecule has 1 fully saturated rings. The van der Waals surface area contributed by atoms with Gasteiger partial charge in [0.25, 0.3) is 5.69 Å². The summed E-state index contributed by atoms with van der Waals surface area (Å²) >= 11 is 3.37. The zero-order chi connectivity index (χ0) is 13.8. The average Bonchev–Trinajstić information content (AvgIpc) is 2.39. The lowest BCUT2D eigenvalue weighted by molar-refractivity contribution is -0.384. The van der Waals surface area contributed by atoms with Crippen LogP contribution in [0.5, 0.6) is 0 Å². The molecule has 4 nitrogen and oxygen atoms in total. The molecule has 1 saturated carbocycles. The highest BCUT2D eigenvalue weighted by molar-refractivity contribution is 9.10. The maximum Gasteiger partial charge on any atom is 0.292 e. The number of nitrogens with zero attached hydrogens (tertiary/aromatic N) is 1. The van der Waals surface area contributed by atoms with Crippen LogP contribution in [0.4, 0.5) is 11.4 Å². The first kappa shape index (κ1) is 14.3. The van der Waals surface area contributed by atoms with Crippen LogP contribution in [-0.2, 0) is 0 Å². The second-order valence-corrected chi connectivity index (χ2v) is 6.10. The van der Waals surface area contributed by atoms with Crippen molar-refractivity contribution >= 4 is 27.3 Å². The molecule has 0 radical (unpaired) electrons. The topological polar surface area (TPSA) is 55.2 Å². The van der Waals surface area contributed by atoms with Crippen molar-refractivity contribution in [3.8, 4) is 0 Å². The van der Waals surface area contributed by atoms with E-state index in [0.29, 0.717) is 11.7 Å². The molecule has 1 aliphatic rings. The first-order chi connectivity index (χ1) is 9.10. The number of benzene rings is 1. The second-order valence-electron chi connectivity index (χ2n) is 5.19. The van der Waals surface area contributed by atoms with Crippen LogP contribution in [0.15, 0.2) is 22.7 Å². The number of hydrogen-bond acceptors (Lipinski definition) is 3. The predicted octanol–water partition coefficient (Wildman–Crippen LogP) is 4.74. The lowest BCUT2D eigenvalue weighted by Crippen LogP contribution is -2.26. The van der Waals surface area contributed by atoms with Crippen LogP contribution in [0, 0.1) is 16.0 Å². The van der Waals surface area contributed by atoms with Crippen molar-refractivity contribution < 1.29 is 4.92 Å². The fourth-order valence-electron chi connectivity index (χ4n) is 2.72. The molecular formula is C14H19BrN2O2. The van der Waals surface area contributed by atoms with Gasteiger partial charge in [-0.1, -0.05) is 29.3 Å². The predicted molar refractivity (Wildman–Crippen MR) is 80.5 cm³/mol. The Morgan fingerprint density at radius 2 is 2.05 bits per heavy atom. The fourth-order valence-corrected chi connectivity index (χ4v) is 3.08. The Balaban J connectivity index is 2.06. The van der Waals surface area contributed by atoms with Crippen molar-refractivity contribution in [2.24, 2.45) is 5.92 Å². The summed E-state index contributed by atoms with van der Waals surface area (Å²) in [5, 5.41) is 14.4. The largest absolute Gasteiger partial charge is 0.377 e. The van der Waals surface area contributed by atoms with Gasteiger partial charge in [-0.05, 0) is 43.7 Å². The SMILES string of the molecule is CCC1CCC(Nc2cc(Br)ccc2[N+](=O)[O-])CC1. The summed E-state index contributed by atoms with van der Waals surface area (Å²) in [6, 6.07) is 5.40. The molecule has 0 bridgehead atoms. The van der Waals surface area contributed by atoms with Crippen LogP contribution in [0.3, 0.4) is 0 Å². The zero-order valence-corrected chi connectivity index (χ0v) is 12.6. The molecule has 1 aromatic carbocycles. The van der Waals surface area contributed by atoms with Gasteiger partial charge in [0.1, 0.15) is 5.69 Å². The molecule has 19 heavy (non-hydrogen) atoms. The van der Waals surface area contributed by atoms with Crippen molar-refractivity contribution in [1.29, 1.82) is 0 Å². The number of anilines is 1. The van der Waals surface area contributed by atoms with Gasteiger partial charge < -0.3 is 5.32 Å². The van der Waals surface area contributed by atoms with Crippen LogP contribution >= 0.6 is 15.9 Å². The maximum atomic E-state index is 11.0. The molecule has 0 aromatic heterocycles. The number of halogens is 1. The van der Waals surface area contributed by atoms with Crippen molar-refractivity contribution in [1.82, 2.24) is 0 Å². The minimum atomic E-state index is -0.327. The molecule has 5 heteroatoms. The Labute approximate surface area is 121 Å². The van der Waals surface area contributed by atoms with E-state index in [-0.39, 0.29) is 10.6 Å². The molecule has 0 heterocycles. The van der Waals surface area contributed by atoms with Gasteiger partial charge in [-0.3, -0.25) is 10.1 Å². The molecule has 1 aliphatic carbocycles. The van der Waals surface area contributed by atoms with Crippen LogP contribution in [0.2, 0.25) is 0 Å². The summed E-state index contributed by atoms with van der Waals surface area (Å²) in [6.07, 6.45) is 5.88. The number of nitro benzene ring substituents is 1. The number of hydrogen-bond donors (Lipinski definition) is 1. The molecule has 0 saturated heterocycles. The monoisotopic (exact) mass is 326 g/mol. The Hall–Kier alpha value is -1.10. The number of rotatable bonds is 4. The third kappa shape index (κ3) is 3.69. The Morgan fingerprint density at radius 3 is 2.63 bits per heavy atom. The molecule has 0 unspecified atom stereocenters. The Kier molecular flexibility index (Phi) is 4.80. The lowest BCUT2D eigenvalue weighted by atomic mass is 9.84. The third-order valence-electron chi connectivity index (χ3n) is 3.94. The third-order valence-corrected chi connectivity index (χ3v) is 4.43. The van der Waals surface area contributed by atoms with Gasteiger partial charge in [-0.15, -0.1) is 0 Å². The first-order valence-electron chi connectivity index (χ1n) is 6.80. The van der Waals surface area contributed by atoms with Gasteiger partial charge in [0.15, 0.2) is 0 Å². The average molecular weight is 327 g/mol. The van der Waals surface area contributed by atoms with Crippen LogP contribution in [0.1, 0.15) is 39.0 Å². The Morgan fingerprint density at radius 1 is 1.37 bits per heavy atom. The minimum absolute atomic E-state index is 0.154. The molecule has 0 atom stereocenters. The number of nitrogens with one attached hydrogen (secondary N) is 1. The van der Waals surface area contributed by atoms with Crippen LogP contribution < -0.4 is 5.32 Å². The summed E-state index contributed by atoms with van der Waals surface area (Å²) < 4.78 is 0.864. The summed E-state index contributed by atoms with van der Waals surface area (Å²) in [5.74, 6) is 0.829. The van der Waals surface area contributed by atoms with Gasteiger partial charge in [0.2, 0.25) is 0 Å². The quantitative estimate of drug-likeness (QED) is 0.642. The van der Waals surface area contributed by atoms with Crippen LogP contribution in [0.25, 0.3) is 0 Å². The highest BCUT2D eigenvalue weighted by atomic mass is 79.9. The van der Waals surface area contributed by atoms with Gasteiger partial charge in [-0.2, -0.15) is 0 Å². The van der Waals surface area contributed by atoms with E-state index in [1.54, 1.807) is 18.2 Å². The minimum Gasteiger partial charge on any atom is -0.377 e. The normalized spacial score (nSPS) is 23.1. The van der Waals surface area contributed by atoms with Gasteiger partial charge in [0.05, 0.1) is 4.92 Å². The molecule has 0 aliphatic heterocycles. The second kappa shape index (κ2) is 6.37. The van der Waals surface area contributed by atoms with Crippen molar-refractivity contribution in [2.45, 2.75) is 45.1 Å². The van der Waals surface area contributed by atoms with Crippen molar-refractivity contribution in [3.05, 3.63) is 32.8 Å². The Bertz CT molecular complexity index is 457. The summed E-state index contributed by atoms with van der Waals surface area (Å²) in [6.45, 7) is 2.23. The molecule has 0 amide bonds. The van der Waals surface area contributed by atoms with E-state index >= 15 is 0 Å². The zero-order valence-electron chi connectivity index (χ0n) is 11.1. The smallest absolute Gasteiger partial charge is 0.292 e. The van der Waals surface area contributed by atoms with Gasteiger partial charge >= 0.3 is 0 Å². The van der Waals surface area contributed by atoms with E-state index in [2.05, 4.69) is 28.2 Å². The molecule has 104 valence electrons. The van der Waals surface area contributed by atoms with E-state index in [4.69, 9.17) is 0 Å². The molecular weight excluding hydrogens is 308 g/mol. The maximum absolute atomic E-state index is 11.0. The summed E-state index contributed by atoms with van der Waals surface area (Å²) in [7, 11) is 0. The highest BCUT2D eigenvalue weighted by Crippen LogP contribution is 2.32. The van der Waals surface area contributed by atoms with E-state index in [9.17, 15) is 10.1 Å². The molecule has 1 aromatic rings. The summed E-state index contributed by atoms with van der Waals surface area (Å²) in [4.78, 5) is 10.7. The van der Waals surface area contributed by atoms with E-state index in [1.807, 2.05) is 0 Å². The molecule has 1 N–H and O–H groups in total. The van der Waals surface area contributed by atoms with Crippen molar-refractivity contribution in [2.75, 3.05) is 5.32 Å².